The number of rotatable bonds is 6. The number of nitrogens with zero attached hydrogens (tertiary/aromatic N) is 1. The molecule has 1 aromatic carbocycles. The lowest BCUT2D eigenvalue weighted by Gasteiger charge is -2.40. The molecule has 0 amide bonds. The van der Waals surface area contributed by atoms with E-state index in [4.69, 9.17) is 14.5 Å². The molecule has 2 fully saturated rings. The number of hydrogen-bond acceptors (Lipinski definition) is 3. The number of benzene rings is 1. The second-order valence-corrected chi connectivity index (χ2v) is 9.89. The Bertz CT molecular complexity index is 669. The predicted octanol–water partition coefficient (Wildman–Crippen LogP) is 4.75. The molecule has 0 bridgehead atoms. The fourth-order valence-corrected chi connectivity index (χ4v) is 4.90. The first-order valence-corrected chi connectivity index (χ1v) is 11.7. The molecule has 0 saturated carbocycles. The number of hydrogen-bond donors (Lipinski definition) is 2. The Hall–Kier alpha value is -0.860. The minimum Gasteiger partial charge on any atom is -0.381 e. The molecular formula is C25H42IN3O2. The highest BCUT2D eigenvalue weighted by molar-refractivity contribution is 14.0. The van der Waals surface area contributed by atoms with Crippen LogP contribution in [0.5, 0.6) is 0 Å². The van der Waals surface area contributed by atoms with Crippen molar-refractivity contribution in [2.24, 2.45) is 16.3 Å². The molecule has 3 rings (SSSR count). The Morgan fingerprint density at radius 2 is 1.81 bits per heavy atom. The summed E-state index contributed by atoms with van der Waals surface area (Å²) in [6.45, 7) is 14.0. The van der Waals surface area contributed by atoms with Gasteiger partial charge < -0.3 is 20.1 Å². The Balaban J connectivity index is 0.00000341. The lowest BCUT2D eigenvalue weighted by atomic mass is 9.74. The van der Waals surface area contributed by atoms with E-state index in [1.807, 2.05) is 0 Å². The van der Waals surface area contributed by atoms with Gasteiger partial charge in [0.25, 0.3) is 0 Å². The van der Waals surface area contributed by atoms with Crippen LogP contribution in [0.2, 0.25) is 0 Å². The van der Waals surface area contributed by atoms with Crippen molar-refractivity contribution in [2.75, 3.05) is 39.5 Å². The molecule has 6 heteroatoms. The van der Waals surface area contributed by atoms with Crippen LogP contribution < -0.4 is 10.6 Å². The fraction of sp³-hybridized carbons (Fsp3) is 0.720. The van der Waals surface area contributed by atoms with E-state index >= 15 is 0 Å². The molecule has 2 saturated heterocycles. The van der Waals surface area contributed by atoms with E-state index in [1.165, 1.54) is 12.0 Å². The van der Waals surface area contributed by atoms with Crippen LogP contribution in [-0.4, -0.2) is 51.5 Å². The normalized spacial score (nSPS) is 24.2. The number of halogens is 1. The van der Waals surface area contributed by atoms with Crippen LogP contribution in [0.4, 0.5) is 0 Å². The minimum atomic E-state index is 0. The van der Waals surface area contributed by atoms with Crippen molar-refractivity contribution >= 4 is 29.9 Å². The zero-order valence-corrected chi connectivity index (χ0v) is 22.1. The Morgan fingerprint density at radius 3 is 2.45 bits per heavy atom. The molecular weight excluding hydrogens is 501 g/mol. The molecule has 31 heavy (non-hydrogen) atoms. The smallest absolute Gasteiger partial charge is 0.191 e. The van der Waals surface area contributed by atoms with Gasteiger partial charge in [-0.1, -0.05) is 51.1 Å². The van der Waals surface area contributed by atoms with E-state index in [0.29, 0.717) is 5.92 Å². The predicted molar refractivity (Wildman–Crippen MR) is 139 cm³/mol. The van der Waals surface area contributed by atoms with Crippen molar-refractivity contribution in [1.82, 2.24) is 10.6 Å². The van der Waals surface area contributed by atoms with Crippen LogP contribution in [0, 0.1) is 11.3 Å². The van der Waals surface area contributed by atoms with Crippen LogP contribution in [0.15, 0.2) is 35.3 Å². The van der Waals surface area contributed by atoms with Gasteiger partial charge in [0.05, 0.1) is 12.6 Å². The van der Waals surface area contributed by atoms with E-state index in [1.54, 1.807) is 0 Å². The summed E-state index contributed by atoms with van der Waals surface area (Å²) >= 11 is 0. The molecule has 1 aromatic rings. The summed E-state index contributed by atoms with van der Waals surface area (Å²) in [5.41, 5.74) is 1.59. The first kappa shape index (κ1) is 26.4. The molecule has 2 aliphatic rings. The van der Waals surface area contributed by atoms with Crippen molar-refractivity contribution < 1.29 is 9.47 Å². The van der Waals surface area contributed by atoms with Crippen molar-refractivity contribution in [2.45, 2.75) is 64.9 Å². The maximum Gasteiger partial charge on any atom is 0.191 e. The Morgan fingerprint density at radius 1 is 1.10 bits per heavy atom. The summed E-state index contributed by atoms with van der Waals surface area (Å²) in [5, 5.41) is 7.08. The summed E-state index contributed by atoms with van der Waals surface area (Å²) in [7, 11) is 0. The van der Waals surface area contributed by atoms with Gasteiger partial charge in [0.1, 0.15) is 0 Å². The number of nitrogens with one attached hydrogen (secondary N) is 2. The SMILES string of the molecule is CCNC(=NCC1(c2ccccc2)CCOCC1)NCC1CCCOC1C(C)(C)C.I. The van der Waals surface area contributed by atoms with E-state index in [-0.39, 0.29) is 40.9 Å². The van der Waals surface area contributed by atoms with Gasteiger partial charge >= 0.3 is 0 Å². The van der Waals surface area contributed by atoms with E-state index in [9.17, 15) is 0 Å². The molecule has 0 aliphatic carbocycles. The average Bonchev–Trinajstić information content (AvgIpc) is 2.76. The minimum absolute atomic E-state index is 0. The van der Waals surface area contributed by atoms with Crippen LogP contribution >= 0.6 is 24.0 Å². The second kappa shape index (κ2) is 12.4. The van der Waals surface area contributed by atoms with Gasteiger partial charge in [-0.05, 0) is 43.6 Å². The molecule has 0 spiro atoms. The molecule has 0 radical (unpaired) electrons. The molecule has 2 atom stereocenters. The maximum atomic E-state index is 6.16. The van der Waals surface area contributed by atoms with Crippen LogP contribution in [0.1, 0.15) is 58.9 Å². The second-order valence-electron chi connectivity index (χ2n) is 9.89. The highest BCUT2D eigenvalue weighted by Gasteiger charge is 2.36. The molecule has 2 unspecified atom stereocenters. The van der Waals surface area contributed by atoms with Crippen molar-refractivity contribution in [3.8, 4) is 0 Å². The van der Waals surface area contributed by atoms with E-state index < -0.39 is 0 Å². The van der Waals surface area contributed by atoms with Crippen LogP contribution in [-0.2, 0) is 14.9 Å². The number of guanidine groups is 1. The van der Waals surface area contributed by atoms with Gasteiger partial charge in [-0.15, -0.1) is 24.0 Å². The third kappa shape index (κ3) is 7.32. The monoisotopic (exact) mass is 543 g/mol. The van der Waals surface area contributed by atoms with Gasteiger partial charge in [-0.2, -0.15) is 0 Å². The topological polar surface area (TPSA) is 54.9 Å². The summed E-state index contributed by atoms with van der Waals surface area (Å²) in [6.07, 6.45) is 4.67. The zero-order valence-electron chi connectivity index (χ0n) is 19.8. The van der Waals surface area contributed by atoms with E-state index in [2.05, 4.69) is 68.7 Å². The fourth-order valence-electron chi connectivity index (χ4n) is 4.90. The maximum absolute atomic E-state index is 6.16. The van der Waals surface area contributed by atoms with Crippen LogP contribution in [0.25, 0.3) is 0 Å². The van der Waals surface area contributed by atoms with E-state index in [0.717, 1.165) is 64.7 Å². The third-order valence-electron chi connectivity index (χ3n) is 6.55. The molecule has 176 valence electrons. The lowest BCUT2D eigenvalue weighted by Crippen LogP contribution is -2.48. The average molecular weight is 544 g/mol. The molecule has 0 aromatic heterocycles. The zero-order chi connectivity index (χ0) is 21.5. The molecule has 2 heterocycles. The van der Waals surface area contributed by atoms with Gasteiger partial charge in [0, 0.05) is 44.2 Å². The number of ether oxygens (including phenoxy) is 2. The van der Waals surface area contributed by atoms with Gasteiger partial charge in [-0.3, -0.25) is 4.99 Å². The van der Waals surface area contributed by atoms with Gasteiger partial charge in [0.2, 0.25) is 0 Å². The highest BCUT2D eigenvalue weighted by Crippen LogP contribution is 2.35. The summed E-state index contributed by atoms with van der Waals surface area (Å²) in [4.78, 5) is 5.06. The summed E-state index contributed by atoms with van der Waals surface area (Å²) in [5.74, 6) is 1.42. The molecule has 5 nitrogen and oxygen atoms in total. The first-order valence-electron chi connectivity index (χ1n) is 11.7. The number of aliphatic imine (C=N–C) groups is 1. The van der Waals surface area contributed by atoms with Crippen LogP contribution in [0.3, 0.4) is 0 Å². The standard InChI is InChI=1S/C25H41N3O2.HI/c1-5-26-23(27-18-20-10-9-15-30-22(20)24(2,3)4)28-19-25(13-16-29-17-14-25)21-11-7-6-8-12-21;/h6-8,11-12,20,22H,5,9-10,13-19H2,1-4H3,(H2,26,27,28);1H. The molecule has 2 N–H and O–H groups in total. The van der Waals surface area contributed by atoms with Crippen molar-refractivity contribution in [3.05, 3.63) is 35.9 Å². The lowest BCUT2D eigenvalue weighted by molar-refractivity contribution is -0.0835. The van der Waals surface area contributed by atoms with Crippen molar-refractivity contribution in [3.63, 3.8) is 0 Å². The van der Waals surface area contributed by atoms with Gasteiger partial charge in [-0.25, -0.2) is 0 Å². The Labute approximate surface area is 206 Å². The first-order chi connectivity index (χ1) is 14.4. The Kier molecular flexibility index (Phi) is 10.6. The van der Waals surface area contributed by atoms with Gasteiger partial charge in [0.15, 0.2) is 5.96 Å². The van der Waals surface area contributed by atoms with Crippen molar-refractivity contribution in [1.29, 1.82) is 0 Å². The highest BCUT2D eigenvalue weighted by atomic mass is 127. The summed E-state index contributed by atoms with van der Waals surface area (Å²) < 4.78 is 11.8. The molecule has 2 aliphatic heterocycles. The third-order valence-corrected chi connectivity index (χ3v) is 6.55. The largest absolute Gasteiger partial charge is 0.381 e. The quantitative estimate of drug-likeness (QED) is 0.309. The summed E-state index contributed by atoms with van der Waals surface area (Å²) in [6, 6.07) is 10.8.